The van der Waals surface area contributed by atoms with Gasteiger partial charge >= 0.3 is 11.8 Å². The largest absolute Gasteiger partial charge is 0.489 e. The van der Waals surface area contributed by atoms with Crippen LogP contribution in [0.2, 0.25) is 0 Å². The van der Waals surface area contributed by atoms with Crippen LogP contribution in [-0.2, 0) is 12.8 Å². The van der Waals surface area contributed by atoms with Crippen LogP contribution >= 0.6 is 0 Å². The number of alkyl halides is 3. The Balaban J connectivity index is 1.95. The Kier molecular flexibility index (Phi) is 3.77. The highest BCUT2D eigenvalue weighted by Gasteiger charge is 2.33. The van der Waals surface area contributed by atoms with E-state index in [1.807, 2.05) is 0 Å². The lowest BCUT2D eigenvalue weighted by Gasteiger charge is -2.10. The molecular weight excluding hydrogens is 311 g/mol. The first-order chi connectivity index (χ1) is 10.9. The number of aromatic nitrogens is 1. The lowest BCUT2D eigenvalue weighted by molar-refractivity contribution is -0.136. The summed E-state index contributed by atoms with van der Waals surface area (Å²) in [5.41, 5.74) is -1.40. The first kappa shape index (κ1) is 15.1. The Bertz CT molecular complexity index is 888. The fourth-order valence-electron chi connectivity index (χ4n) is 2.11. The summed E-state index contributed by atoms with van der Waals surface area (Å²) < 4.78 is 49.2. The summed E-state index contributed by atoms with van der Waals surface area (Å²) >= 11 is 0. The maximum atomic E-state index is 13.0. The van der Waals surface area contributed by atoms with Crippen LogP contribution in [0.5, 0.6) is 5.75 Å². The Morgan fingerprint density at radius 1 is 1.09 bits per heavy atom. The van der Waals surface area contributed by atoms with Crippen LogP contribution in [0.25, 0.3) is 11.0 Å². The van der Waals surface area contributed by atoms with Crippen LogP contribution in [0.4, 0.5) is 13.2 Å². The van der Waals surface area contributed by atoms with Crippen molar-refractivity contribution in [2.45, 2.75) is 12.8 Å². The van der Waals surface area contributed by atoms with Crippen molar-refractivity contribution in [2.24, 2.45) is 0 Å². The van der Waals surface area contributed by atoms with E-state index >= 15 is 0 Å². The van der Waals surface area contributed by atoms with Gasteiger partial charge in [-0.05, 0) is 29.8 Å². The van der Waals surface area contributed by atoms with Gasteiger partial charge in [0, 0.05) is 29.9 Å². The number of hydrogen-bond donors (Lipinski definition) is 0. The number of nitrogens with zero attached hydrogens (tertiary/aromatic N) is 1. The maximum absolute atomic E-state index is 13.0. The number of ether oxygens (including phenoxy) is 1. The molecule has 0 bridgehead atoms. The van der Waals surface area contributed by atoms with E-state index in [0.717, 1.165) is 5.56 Å². The van der Waals surface area contributed by atoms with Crippen molar-refractivity contribution in [1.29, 1.82) is 0 Å². The van der Waals surface area contributed by atoms with Gasteiger partial charge in [0.15, 0.2) is 0 Å². The SMILES string of the molecule is O=c1cc(C(F)(F)F)c2ccc(OCc3ccncc3)cc2o1. The summed E-state index contributed by atoms with van der Waals surface area (Å²) in [4.78, 5) is 15.2. The Morgan fingerprint density at radius 3 is 2.52 bits per heavy atom. The minimum atomic E-state index is -4.63. The van der Waals surface area contributed by atoms with Gasteiger partial charge in [-0.1, -0.05) is 0 Å². The molecule has 7 heteroatoms. The average Bonchev–Trinajstić information content (AvgIpc) is 2.52. The summed E-state index contributed by atoms with van der Waals surface area (Å²) in [6, 6.07) is 7.85. The number of pyridine rings is 1. The molecule has 4 nitrogen and oxygen atoms in total. The first-order valence-corrected chi connectivity index (χ1v) is 6.60. The van der Waals surface area contributed by atoms with E-state index in [0.29, 0.717) is 11.8 Å². The third-order valence-electron chi connectivity index (χ3n) is 3.18. The standard InChI is InChI=1S/C16H10F3NO3/c17-16(18,19)13-8-15(21)23-14-7-11(1-2-12(13)14)22-9-10-3-5-20-6-4-10/h1-8H,9H2. The van der Waals surface area contributed by atoms with Crippen molar-refractivity contribution in [3.8, 4) is 5.75 Å². The Labute approximate surface area is 128 Å². The Hall–Kier alpha value is -2.83. The van der Waals surface area contributed by atoms with Gasteiger partial charge < -0.3 is 9.15 Å². The van der Waals surface area contributed by atoms with Crippen molar-refractivity contribution in [2.75, 3.05) is 0 Å². The molecule has 0 spiro atoms. The summed E-state index contributed by atoms with van der Waals surface area (Å²) in [7, 11) is 0. The van der Waals surface area contributed by atoms with Gasteiger partial charge in [-0.25, -0.2) is 4.79 Å². The van der Waals surface area contributed by atoms with Crippen LogP contribution in [0, 0.1) is 0 Å². The second-order valence-electron chi connectivity index (χ2n) is 4.78. The summed E-state index contributed by atoms with van der Waals surface area (Å²) in [5.74, 6) is 0.303. The van der Waals surface area contributed by atoms with Crippen LogP contribution in [0.15, 0.2) is 58.0 Å². The fraction of sp³-hybridized carbons (Fsp3) is 0.125. The summed E-state index contributed by atoms with van der Waals surface area (Å²) in [6.45, 7) is 0.219. The van der Waals surface area contributed by atoms with Crippen LogP contribution < -0.4 is 10.4 Å². The molecule has 0 saturated heterocycles. The molecule has 2 aromatic heterocycles. The summed E-state index contributed by atoms with van der Waals surface area (Å²) in [6.07, 6.45) is -1.42. The predicted octanol–water partition coefficient (Wildman–Crippen LogP) is 3.79. The van der Waals surface area contributed by atoms with Crippen LogP contribution in [0.3, 0.4) is 0 Å². The molecule has 0 saturated carbocycles. The molecule has 3 aromatic rings. The van der Waals surface area contributed by atoms with Gasteiger partial charge in [0.05, 0.1) is 5.56 Å². The summed E-state index contributed by atoms with van der Waals surface area (Å²) in [5, 5.41) is -0.187. The first-order valence-electron chi connectivity index (χ1n) is 6.60. The minimum absolute atomic E-state index is 0.169. The van der Waals surface area contributed by atoms with Crippen molar-refractivity contribution >= 4 is 11.0 Å². The molecule has 0 radical (unpaired) electrons. The molecule has 1 aromatic carbocycles. The topological polar surface area (TPSA) is 52.3 Å². The van der Waals surface area contributed by atoms with Gasteiger partial charge in [0.25, 0.3) is 0 Å². The second-order valence-corrected chi connectivity index (χ2v) is 4.78. The molecule has 0 unspecified atom stereocenters. The van der Waals surface area contributed by atoms with E-state index in [1.54, 1.807) is 24.5 Å². The van der Waals surface area contributed by atoms with Gasteiger partial charge in [-0.3, -0.25) is 4.98 Å². The lowest BCUT2D eigenvalue weighted by atomic mass is 10.1. The molecule has 0 fully saturated rings. The molecule has 0 aliphatic carbocycles. The average molecular weight is 321 g/mol. The van der Waals surface area contributed by atoms with Gasteiger partial charge in [0.1, 0.15) is 17.9 Å². The third kappa shape index (κ3) is 3.33. The molecule has 23 heavy (non-hydrogen) atoms. The molecule has 0 N–H and O–H groups in total. The highest BCUT2D eigenvalue weighted by atomic mass is 19.4. The predicted molar refractivity (Wildman–Crippen MR) is 76.1 cm³/mol. The molecule has 0 amide bonds. The second kappa shape index (κ2) is 5.75. The van der Waals surface area contributed by atoms with E-state index in [4.69, 9.17) is 9.15 Å². The van der Waals surface area contributed by atoms with E-state index in [1.165, 1.54) is 18.2 Å². The number of benzene rings is 1. The highest BCUT2D eigenvalue weighted by molar-refractivity contribution is 5.82. The third-order valence-corrected chi connectivity index (χ3v) is 3.18. The van der Waals surface area contributed by atoms with Gasteiger partial charge in [0.2, 0.25) is 0 Å². The zero-order valence-electron chi connectivity index (χ0n) is 11.6. The molecule has 118 valence electrons. The van der Waals surface area contributed by atoms with Crippen molar-refractivity contribution < 1.29 is 22.3 Å². The zero-order valence-corrected chi connectivity index (χ0v) is 11.6. The molecule has 2 heterocycles. The minimum Gasteiger partial charge on any atom is -0.489 e. The molecule has 0 aliphatic heterocycles. The van der Waals surface area contributed by atoms with Crippen molar-refractivity contribution in [1.82, 2.24) is 4.98 Å². The number of halogens is 3. The van der Waals surface area contributed by atoms with E-state index in [9.17, 15) is 18.0 Å². The van der Waals surface area contributed by atoms with Gasteiger partial charge in [-0.15, -0.1) is 0 Å². The van der Waals surface area contributed by atoms with Crippen molar-refractivity contribution in [3.05, 3.63) is 70.3 Å². The number of fused-ring (bicyclic) bond motifs is 1. The van der Waals surface area contributed by atoms with Crippen molar-refractivity contribution in [3.63, 3.8) is 0 Å². The lowest BCUT2D eigenvalue weighted by Crippen LogP contribution is -2.11. The highest BCUT2D eigenvalue weighted by Crippen LogP contribution is 2.34. The van der Waals surface area contributed by atoms with E-state index < -0.39 is 17.4 Å². The van der Waals surface area contributed by atoms with E-state index in [-0.39, 0.29) is 17.6 Å². The van der Waals surface area contributed by atoms with Crippen LogP contribution in [0.1, 0.15) is 11.1 Å². The molecule has 0 atom stereocenters. The maximum Gasteiger partial charge on any atom is 0.417 e. The Morgan fingerprint density at radius 2 is 1.83 bits per heavy atom. The normalized spacial score (nSPS) is 11.6. The van der Waals surface area contributed by atoms with Crippen LogP contribution in [-0.4, -0.2) is 4.98 Å². The fourth-order valence-corrected chi connectivity index (χ4v) is 2.11. The molecule has 3 rings (SSSR count). The zero-order chi connectivity index (χ0) is 16.4. The number of rotatable bonds is 3. The monoisotopic (exact) mass is 321 g/mol. The number of hydrogen-bond acceptors (Lipinski definition) is 4. The smallest absolute Gasteiger partial charge is 0.417 e. The van der Waals surface area contributed by atoms with Gasteiger partial charge in [-0.2, -0.15) is 13.2 Å². The molecule has 0 aliphatic rings. The quantitative estimate of drug-likeness (QED) is 0.689. The molecular formula is C16H10F3NO3. The van der Waals surface area contributed by atoms with E-state index in [2.05, 4.69) is 4.98 Å².